The van der Waals surface area contributed by atoms with Gasteiger partial charge in [-0.25, -0.2) is 0 Å². The minimum atomic E-state index is -0.833. The zero-order chi connectivity index (χ0) is 14.5. The van der Waals surface area contributed by atoms with Gasteiger partial charge in [-0.3, -0.25) is 9.59 Å². The number of benzene rings is 1. The Morgan fingerprint density at radius 3 is 2.75 bits per heavy atom. The van der Waals surface area contributed by atoms with Gasteiger partial charge in [-0.15, -0.1) is 0 Å². The molecule has 2 atom stereocenters. The summed E-state index contributed by atoms with van der Waals surface area (Å²) in [4.78, 5) is 23.4. The van der Waals surface area contributed by atoms with Crippen LogP contribution in [0.4, 0.5) is 0 Å². The van der Waals surface area contributed by atoms with Crippen LogP contribution in [0.1, 0.15) is 36.0 Å². The van der Waals surface area contributed by atoms with Crippen LogP contribution in [-0.2, 0) is 4.79 Å². The van der Waals surface area contributed by atoms with E-state index in [0.29, 0.717) is 24.2 Å². The summed E-state index contributed by atoms with van der Waals surface area (Å²) in [6, 6.07) is 6.55. The smallest absolute Gasteiger partial charge is 0.308 e. The van der Waals surface area contributed by atoms with Crippen molar-refractivity contribution in [2.75, 3.05) is 7.11 Å². The first-order valence-electron chi connectivity index (χ1n) is 6.79. The van der Waals surface area contributed by atoms with E-state index in [0.717, 1.165) is 12.8 Å². The normalized spacial score (nSPS) is 22.1. The zero-order valence-electron chi connectivity index (χ0n) is 11.5. The Kier molecular flexibility index (Phi) is 4.61. The molecule has 1 aromatic carbocycles. The average Bonchev–Trinajstić information content (AvgIpc) is 2.47. The lowest BCUT2D eigenvalue weighted by Gasteiger charge is -2.29. The van der Waals surface area contributed by atoms with Crippen LogP contribution >= 0.6 is 0 Å². The van der Waals surface area contributed by atoms with Gasteiger partial charge >= 0.3 is 5.97 Å². The van der Waals surface area contributed by atoms with Gasteiger partial charge in [0.05, 0.1) is 13.0 Å². The fraction of sp³-hybridized carbons (Fsp3) is 0.467. The number of nitrogens with one attached hydrogen (secondary N) is 1. The van der Waals surface area contributed by atoms with E-state index in [1.54, 1.807) is 31.4 Å². The molecule has 1 amide bonds. The molecular formula is C15H19NO4. The Labute approximate surface area is 117 Å². The van der Waals surface area contributed by atoms with Crippen molar-refractivity contribution in [2.24, 2.45) is 5.92 Å². The summed E-state index contributed by atoms with van der Waals surface area (Å²) in [5.41, 5.74) is 0.485. The first kappa shape index (κ1) is 14.4. The van der Waals surface area contributed by atoms with E-state index < -0.39 is 11.9 Å². The lowest BCUT2D eigenvalue weighted by molar-refractivity contribution is -0.143. The quantitative estimate of drug-likeness (QED) is 0.883. The Morgan fingerprint density at radius 1 is 1.30 bits per heavy atom. The van der Waals surface area contributed by atoms with Gasteiger partial charge in [-0.2, -0.15) is 0 Å². The third-order valence-corrected chi connectivity index (χ3v) is 3.73. The molecule has 20 heavy (non-hydrogen) atoms. The summed E-state index contributed by atoms with van der Waals surface area (Å²) in [5.74, 6) is -0.961. The second-order valence-electron chi connectivity index (χ2n) is 5.04. The molecule has 0 aromatic heterocycles. The summed E-state index contributed by atoms with van der Waals surface area (Å²) in [6.45, 7) is 0. The van der Waals surface area contributed by atoms with Gasteiger partial charge in [0.15, 0.2) is 0 Å². The highest BCUT2D eigenvalue weighted by molar-refractivity contribution is 5.95. The number of carbonyl (C=O) groups excluding carboxylic acids is 1. The second-order valence-corrected chi connectivity index (χ2v) is 5.04. The highest BCUT2D eigenvalue weighted by Gasteiger charge is 2.31. The number of hydrogen-bond donors (Lipinski definition) is 2. The van der Waals surface area contributed by atoms with E-state index in [9.17, 15) is 14.7 Å². The van der Waals surface area contributed by atoms with Gasteiger partial charge in [0.1, 0.15) is 5.75 Å². The number of carbonyl (C=O) groups is 2. The molecule has 1 fully saturated rings. The van der Waals surface area contributed by atoms with Crippen LogP contribution in [0.3, 0.4) is 0 Å². The van der Waals surface area contributed by atoms with E-state index in [-0.39, 0.29) is 11.9 Å². The molecule has 108 valence electrons. The van der Waals surface area contributed by atoms with Gasteiger partial charge in [0.2, 0.25) is 0 Å². The van der Waals surface area contributed by atoms with Gasteiger partial charge in [-0.05, 0) is 31.0 Å². The topological polar surface area (TPSA) is 75.6 Å². The monoisotopic (exact) mass is 277 g/mol. The Balaban J connectivity index is 2.07. The minimum Gasteiger partial charge on any atom is -0.497 e. The number of amides is 1. The molecule has 2 N–H and O–H groups in total. The third-order valence-electron chi connectivity index (χ3n) is 3.73. The molecule has 5 heteroatoms. The standard InChI is InChI=1S/C15H19NO4/c1-20-11-6-4-5-10(9-11)14(17)16-13-8-3-2-7-12(13)15(18)19/h4-6,9,12-13H,2-3,7-8H2,1H3,(H,16,17)(H,18,19). The predicted octanol–water partition coefficient (Wildman–Crippen LogP) is 2.07. The molecule has 5 nitrogen and oxygen atoms in total. The lowest BCUT2D eigenvalue weighted by Crippen LogP contribution is -2.45. The molecular weight excluding hydrogens is 258 g/mol. The van der Waals surface area contributed by atoms with Crippen molar-refractivity contribution in [2.45, 2.75) is 31.7 Å². The lowest BCUT2D eigenvalue weighted by atomic mass is 9.84. The summed E-state index contributed by atoms with van der Waals surface area (Å²) in [6.07, 6.45) is 3.19. The maximum absolute atomic E-state index is 12.2. The molecule has 0 heterocycles. The number of hydrogen-bond acceptors (Lipinski definition) is 3. The molecule has 0 saturated heterocycles. The maximum atomic E-state index is 12.2. The Morgan fingerprint density at radius 2 is 2.05 bits per heavy atom. The van der Waals surface area contributed by atoms with E-state index in [1.165, 1.54) is 0 Å². The number of methoxy groups -OCH3 is 1. The van der Waals surface area contributed by atoms with E-state index >= 15 is 0 Å². The van der Waals surface area contributed by atoms with Crippen LogP contribution in [0, 0.1) is 5.92 Å². The zero-order valence-corrected chi connectivity index (χ0v) is 11.5. The predicted molar refractivity (Wildman–Crippen MR) is 73.8 cm³/mol. The largest absolute Gasteiger partial charge is 0.497 e. The van der Waals surface area contributed by atoms with E-state index in [4.69, 9.17) is 4.74 Å². The van der Waals surface area contributed by atoms with Crippen molar-refractivity contribution >= 4 is 11.9 Å². The van der Waals surface area contributed by atoms with Gasteiger partial charge in [-0.1, -0.05) is 18.9 Å². The number of carboxylic acid groups (broad SMARTS) is 1. The summed E-state index contributed by atoms with van der Waals surface area (Å²) >= 11 is 0. The average molecular weight is 277 g/mol. The molecule has 2 rings (SSSR count). The Hall–Kier alpha value is -2.04. The summed E-state index contributed by atoms with van der Waals surface area (Å²) in [7, 11) is 1.54. The fourth-order valence-corrected chi connectivity index (χ4v) is 2.62. The number of aliphatic carboxylic acids is 1. The first-order valence-corrected chi connectivity index (χ1v) is 6.79. The summed E-state index contributed by atoms with van der Waals surface area (Å²) < 4.78 is 5.08. The summed E-state index contributed by atoms with van der Waals surface area (Å²) in [5, 5.41) is 12.0. The molecule has 0 radical (unpaired) electrons. The van der Waals surface area contributed by atoms with Crippen LogP contribution < -0.4 is 10.1 Å². The van der Waals surface area contributed by atoms with Crippen molar-refractivity contribution in [3.63, 3.8) is 0 Å². The molecule has 2 unspecified atom stereocenters. The van der Waals surface area contributed by atoms with Gasteiger partial charge in [0.25, 0.3) is 5.91 Å². The van der Waals surface area contributed by atoms with Gasteiger partial charge < -0.3 is 15.2 Å². The van der Waals surface area contributed by atoms with E-state index in [1.807, 2.05) is 0 Å². The second kappa shape index (κ2) is 6.41. The SMILES string of the molecule is COc1cccc(C(=O)NC2CCCCC2C(=O)O)c1. The number of ether oxygens (including phenoxy) is 1. The molecule has 0 bridgehead atoms. The third kappa shape index (κ3) is 3.29. The van der Waals surface area contributed by atoms with E-state index in [2.05, 4.69) is 5.32 Å². The van der Waals surface area contributed by atoms with Crippen molar-refractivity contribution in [3.05, 3.63) is 29.8 Å². The molecule has 1 aliphatic carbocycles. The first-order chi connectivity index (χ1) is 9.61. The van der Waals surface area contributed by atoms with Crippen molar-refractivity contribution in [1.29, 1.82) is 0 Å². The maximum Gasteiger partial charge on any atom is 0.308 e. The minimum absolute atomic E-state index is 0.248. The highest BCUT2D eigenvalue weighted by atomic mass is 16.5. The molecule has 0 spiro atoms. The van der Waals surface area contributed by atoms with Gasteiger partial charge in [0, 0.05) is 11.6 Å². The molecule has 0 aliphatic heterocycles. The Bertz CT molecular complexity index is 500. The van der Waals surface area contributed by atoms with Crippen molar-refractivity contribution < 1.29 is 19.4 Å². The number of rotatable bonds is 4. The molecule has 1 aromatic rings. The highest BCUT2D eigenvalue weighted by Crippen LogP contribution is 2.25. The van der Waals surface area contributed by atoms with Crippen LogP contribution in [0.5, 0.6) is 5.75 Å². The molecule has 1 saturated carbocycles. The van der Waals surface area contributed by atoms with Crippen molar-refractivity contribution in [3.8, 4) is 5.75 Å². The van der Waals surface area contributed by atoms with Crippen LogP contribution in [0.15, 0.2) is 24.3 Å². The number of carboxylic acids is 1. The fourth-order valence-electron chi connectivity index (χ4n) is 2.62. The van der Waals surface area contributed by atoms with Crippen LogP contribution in [0.2, 0.25) is 0 Å². The van der Waals surface area contributed by atoms with Crippen LogP contribution in [-0.4, -0.2) is 30.1 Å². The van der Waals surface area contributed by atoms with Crippen LogP contribution in [0.25, 0.3) is 0 Å². The molecule has 1 aliphatic rings. The van der Waals surface area contributed by atoms with Crippen molar-refractivity contribution in [1.82, 2.24) is 5.32 Å².